The van der Waals surface area contributed by atoms with Crippen LogP contribution in [0.3, 0.4) is 0 Å². The number of anilines is 1. The van der Waals surface area contributed by atoms with Gasteiger partial charge >= 0.3 is 0 Å². The van der Waals surface area contributed by atoms with Gasteiger partial charge in [0.1, 0.15) is 22.9 Å². The number of hydrogen-bond donors (Lipinski definition) is 0. The second kappa shape index (κ2) is 10.0. The van der Waals surface area contributed by atoms with Crippen molar-refractivity contribution < 1.29 is 14.2 Å². The molecule has 0 saturated heterocycles. The van der Waals surface area contributed by atoms with Crippen LogP contribution in [0.2, 0.25) is 0 Å². The maximum Gasteiger partial charge on any atom is 0.295 e. The molecule has 2 aromatic carbocycles. The molecule has 7 heteroatoms. The summed E-state index contributed by atoms with van der Waals surface area (Å²) >= 11 is 0. The van der Waals surface area contributed by atoms with Crippen LogP contribution < -0.4 is 24.7 Å². The minimum Gasteiger partial charge on any atom is -0.497 e. The third kappa shape index (κ3) is 4.99. The van der Waals surface area contributed by atoms with E-state index in [1.165, 1.54) is 4.68 Å². The third-order valence-electron chi connectivity index (χ3n) is 4.88. The van der Waals surface area contributed by atoms with E-state index in [4.69, 9.17) is 14.2 Å². The van der Waals surface area contributed by atoms with Crippen molar-refractivity contribution in [2.24, 2.45) is 0 Å². The van der Waals surface area contributed by atoms with E-state index in [2.05, 4.69) is 5.10 Å². The van der Waals surface area contributed by atoms with Crippen molar-refractivity contribution in [1.29, 1.82) is 0 Å². The minimum absolute atomic E-state index is 0.216. The largest absolute Gasteiger partial charge is 0.497 e. The fourth-order valence-electron chi connectivity index (χ4n) is 3.20. The van der Waals surface area contributed by atoms with Gasteiger partial charge in [-0.25, -0.2) is 0 Å². The van der Waals surface area contributed by atoms with E-state index in [0.29, 0.717) is 48.3 Å². The third-order valence-corrected chi connectivity index (χ3v) is 4.88. The Labute approximate surface area is 182 Å². The van der Waals surface area contributed by atoms with Crippen molar-refractivity contribution in [3.05, 3.63) is 58.9 Å². The lowest BCUT2D eigenvalue weighted by atomic mass is 10.1. The molecule has 3 rings (SSSR count). The summed E-state index contributed by atoms with van der Waals surface area (Å²) in [7, 11) is 3.51. The molecule has 0 saturated carbocycles. The van der Waals surface area contributed by atoms with E-state index in [1.54, 1.807) is 19.2 Å². The van der Waals surface area contributed by atoms with E-state index >= 15 is 0 Å². The van der Waals surface area contributed by atoms with Gasteiger partial charge in [0.25, 0.3) is 5.56 Å². The Morgan fingerprint density at radius 3 is 2.19 bits per heavy atom. The van der Waals surface area contributed by atoms with E-state index in [-0.39, 0.29) is 5.56 Å². The molecule has 3 aromatic rings. The first-order chi connectivity index (χ1) is 15.0. The van der Waals surface area contributed by atoms with Crippen molar-refractivity contribution in [3.8, 4) is 34.2 Å². The van der Waals surface area contributed by atoms with Crippen molar-refractivity contribution in [3.63, 3.8) is 0 Å². The van der Waals surface area contributed by atoms with Gasteiger partial charge in [-0.2, -0.15) is 9.78 Å². The Kier molecular flexibility index (Phi) is 7.18. The molecule has 0 amide bonds. The Bertz CT molecular complexity index is 1070. The molecular formula is C24H29N3O4. The average molecular weight is 424 g/mol. The van der Waals surface area contributed by atoms with E-state index in [1.807, 2.05) is 69.1 Å². The van der Waals surface area contributed by atoms with Gasteiger partial charge < -0.3 is 19.1 Å². The summed E-state index contributed by atoms with van der Waals surface area (Å²) in [5.74, 6) is 1.96. The second-order valence-corrected chi connectivity index (χ2v) is 6.91. The van der Waals surface area contributed by atoms with Crippen LogP contribution in [0.15, 0.2) is 53.3 Å². The first-order valence-electron chi connectivity index (χ1n) is 10.4. The summed E-state index contributed by atoms with van der Waals surface area (Å²) in [5.41, 5.74) is 2.43. The van der Waals surface area contributed by atoms with E-state index < -0.39 is 0 Å². The maximum absolute atomic E-state index is 13.4. The lowest BCUT2D eigenvalue weighted by Crippen LogP contribution is -2.30. The Morgan fingerprint density at radius 1 is 0.935 bits per heavy atom. The van der Waals surface area contributed by atoms with Crippen LogP contribution in [0.25, 0.3) is 16.9 Å². The molecule has 0 spiro atoms. The number of aromatic nitrogens is 2. The van der Waals surface area contributed by atoms with Crippen LogP contribution in [-0.2, 0) is 0 Å². The van der Waals surface area contributed by atoms with Crippen LogP contribution in [0, 0.1) is 0 Å². The molecule has 0 N–H and O–H groups in total. The summed E-state index contributed by atoms with van der Waals surface area (Å²) in [6.45, 7) is 7.51. The highest BCUT2D eigenvalue weighted by Crippen LogP contribution is 2.27. The van der Waals surface area contributed by atoms with Gasteiger partial charge in [0.15, 0.2) is 0 Å². The fraction of sp³-hybridized carbons (Fsp3) is 0.333. The van der Waals surface area contributed by atoms with Gasteiger partial charge in [-0.05, 0) is 39.0 Å². The van der Waals surface area contributed by atoms with Gasteiger partial charge in [-0.1, -0.05) is 12.1 Å². The molecule has 0 atom stereocenters. The monoisotopic (exact) mass is 423 g/mol. The highest BCUT2D eigenvalue weighted by atomic mass is 16.5. The molecule has 1 aromatic heterocycles. The SMILES string of the molecule is CCOc1cc(OCC)cc(-n2nc(-c3cccc(OC)c3)cc(N(C)CC)c2=O)c1. The van der Waals surface area contributed by atoms with Crippen molar-refractivity contribution in [2.45, 2.75) is 20.8 Å². The summed E-state index contributed by atoms with van der Waals surface area (Å²) in [6.07, 6.45) is 0. The highest BCUT2D eigenvalue weighted by molar-refractivity contribution is 5.65. The zero-order valence-electron chi connectivity index (χ0n) is 18.7. The Morgan fingerprint density at radius 2 is 1.61 bits per heavy atom. The fourth-order valence-corrected chi connectivity index (χ4v) is 3.20. The van der Waals surface area contributed by atoms with Crippen LogP contribution >= 0.6 is 0 Å². The number of rotatable bonds is 9. The number of methoxy groups -OCH3 is 1. The number of hydrogen-bond acceptors (Lipinski definition) is 6. The average Bonchev–Trinajstić information content (AvgIpc) is 2.79. The molecule has 0 aliphatic rings. The summed E-state index contributed by atoms with van der Waals surface area (Å²) in [5, 5.41) is 4.68. The standard InChI is InChI=1S/C24H29N3O4/c1-6-26(4)23-16-22(17-10-9-11-19(12-17)29-5)25-27(24(23)28)18-13-20(30-7-2)15-21(14-18)31-8-3/h9-16H,6-8H2,1-5H3. The molecule has 7 nitrogen and oxygen atoms in total. The lowest BCUT2D eigenvalue weighted by molar-refractivity contribution is 0.323. The van der Waals surface area contributed by atoms with E-state index in [9.17, 15) is 4.79 Å². The lowest BCUT2D eigenvalue weighted by Gasteiger charge is -2.19. The van der Waals surface area contributed by atoms with E-state index in [0.717, 1.165) is 11.3 Å². The normalized spacial score (nSPS) is 10.6. The van der Waals surface area contributed by atoms with Gasteiger partial charge in [0.2, 0.25) is 0 Å². The second-order valence-electron chi connectivity index (χ2n) is 6.91. The van der Waals surface area contributed by atoms with Crippen molar-refractivity contribution in [2.75, 3.05) is 38.8 Å². The van der Waals surface area contributed by atoms with Gasteiger partial charge in [0.05, 0.1) is 31.7 Å². The number of ether oxygens (including phenoxy) is 3. The van der Waals surface area contributed by atoms with Crippen LogP contribution in [-0.4, -0.2) is 43.7 Å². The first kappa shape index (κ1) is 22.2. The predicted molar refractivity (Wildman–Crippen MR) is 123 cm³/mol. The zero-order valence-corrected chi connectivity index (χ0v) is 18.7. The molecule has 0 bridgehead atoms. The van der Waals surface area contributed by atoms with Gasteiger partial charge in [-0.15, -0.1) is 0 Å². The molecular weight excluding hydrogens is 394 g/mol. The minimum atomic E-state index is -0.216. The Hall–Kier alpha value is -3.48. The summed E-state index contributed by atoms with van der Waals surface area (Å²) in [4.78, 5) is 15.3. The molecule has 0 unspecified atom stereocenters. The molecule has 0 radical (unpaired) electrons. The molecule has 0 fully saturated rings. The smallest absolute Gasteiger partial charge is 0.295 e. The zero-order chi connectivity index (χ0) is 22.4. The number of benzene rings is 2. The Balaban J connectivity index is 2.25. The quantitative estimate of drug-likeness (QED) is 0.515. The van der Waals surface area contributed by atoms with Crippen LogP contribution in [0.5, 0.6) is 17.2 Å². The van der Waals surface area contributed by atoms with Gasteiger partial charge in [-0.3, -0.25) is 4.79 Å². The maximum atomic E-state index is 13.4. The number of nitrogens with zero attached hydrogens (tertiary/aromatic N) is 3. The molecule has 1 heterocycles. The molecule has 31 heavy (non-hydrogen) atoms. The molecule has 0 aliphatic carbocycles. The summed E-state index contributed by atoms with van der Waals surface area (Å²) in [6, 6.07) is 14.8. The van der Waals surface area contributed by atoms with Crippen molar-refractivity contribution >= 4 is 5.69 Å². The topological polar surface area (TPSA) is 65.8 Å². The van der Waals surface area contributed by atoms with Crippen LogP contribution in [0.4, 0.5) is 5.69 Å². The highest BCUT2D eigenvalue weighted by Gasteiger charge is 2.16. The first-order valence-corrected chi connectivity index (χ1v) is 10.4. The molecule has 0 aliphatic heterocycles. The van der Waals surface area contributed by atoms with Crippen molar-refractivity contribution in [1.82, 2.24) is 9.78 Å². The van der Waals surface area contributed by atoms with Crippen LogP contribution in [0.1, 0.15) is 20.8 Å². The molecule has 164 valence electrons. The van der Waals surface area contributed by atoms with Gasteiger partial charge in [0, 0.05) is 37.4 Å². The summed E-state index contributed by atoms with van der Waals surface area (Å²) < 4.78 is 18.1. The predicted octanol–water partition coefficient (Wildman–Crippen LogP) is 4.16.